The average molecular weight is 1080 g/mol. The summed E-state index contributed by atoms with van der Waals surface area (Å²) in [5.74, 6) is -1.91. The van der Waals surface area contributed by atoms with E-state index in [1.54, 1.807) is 34.4 Å². The Labute approximate surface area is 454 Å². The van der Waals surface area contributed by atoms with Crippen molar-refractivity contribution in [3.63, 3.8) is 0 Å². The maximum atomic E-state index is 12.4. The zero-order valence-electron chi connectivity index (χ0n) is 45.6. The Morgan fingerprint density at radius 1 is 0.636 bits per heavy atom. The fourth-order valence-electron chi connectivity index (χ4n) is 7.56. The molecule has 77 heavy (non-hydrogen) atoms. The van der Waals surface area contributed by atoms with E-state index in [0.29, 0.717) is 52.0 Å². The first kappa shape index (κ1) is 65.7. The van der Waals surface area contributed by atoms with E-state index in [0.717, 1.165) is 48.8 Å². The molecule has 2 heterocycles. The lowest BCUT2D eigenvalue weighted by molar-refractivity contribution is -0.230. The zero-order valence-corrected chi connectivity index (χ0v) is 45.6. The van der Waals surface area contributed by atoms with Crippen LogP contribution in [0, 0.1) is 0 Å². The summed E-state index contributed by atoms with van der Waals surface area (Å²) in [4.78, 5) is 59.2. The van der Waals surface area contributed by atoms with Crippen molar-refractivity contribution in [2.45, 2.75) is 161 Å². The first-order chi connectivity index (χ1) is 36.9. The fraction of sp³-hybridized carbons (Fsp3) is 0.574. The van der Waals surface area contributed by atoms with Crippen molar-refractivity contribution >= 4 is 44.2 Å². The maximum Gasteiger partial charge on any atom is 0.408 e. The van der Waals surface area contributed by atoms with E-state index in [1.807, 2.05) is 91.0 Å². The number of carbonyl (C=O) groups excluding carboxylic acids is 4. The molecule has 23 heteroatoms. The number of amides is 2. The highest BCUT2D eigenvalue weighted by Gasteiger charge is 2.32. The highest BCUT2D eigenvalue weighted by molar-refractivity contribution is 6.46. The van der Waals surface area contributed by atoms with Crippen LogP contribution >= 0.6 is 0 Å². The van der Waals surface area contributed by atoms with Crippen molar-refractivity contribution in [3.8, 4) is 0 Å². The molecule has 9 N–H and O–H groups in total. The quantitative estimate of drug-likeness (QED) is 0.0183. The van der Waals surface area contributed by atoms with Gasteiger partial charge in [0, 0.05) is 17.7 Å². The topological polar surface area (TPSA) is 294 Å². The van der Waals surface area contributed by atoms with Crippen LogP contribution < -0.4 is 26.8 Å². The molecule has 2 amide bonds. The second-order valence-corrected chi connectivity index (χ2v) is 19.5. The summed E-state index contributed by atoms with van der Waals surface area (Å²) in [7, 11) is -1.56. The molecule has 0 spiro atoms. The van der Waals surface area contributed by atoms with Crippen LogP contribution in [0.25, 0.3) is 0 Å². The average Bonchev–Trinajstić information content (AvgIpc) is 3.40. The number of benzene rings is 3. The van der Waals surface area contributed by atoms with E-state index in [-0.39, 0.29) is 32.2 Å². The molecule has 0 unspecified atom stereocenters. The van der Waals surface area contributed by atoms with E-state index in [1.165, 1.54) is 0 Å². The largest absolute Gasteiger partial charge is 0.480 e. The number of carboxylic acid groups (broad SMARTS) is 1. The van der Waals surface area contributed by atoms with Crippen molar-refractivity contribution in [2.24, 2.45) is 5.73 Å². The lowest BCUT2D eigenvalue weighted by Crippen LogP contribution is -2.48. The minimum Gasteiger partial charge on any atom is -0.480 e. The Morgan fingerprint density at radius 2 is 1.06 bits per heavy atom. The second kappa shape index (κ2) is 37.2. The third-order valence-corrected chi connectivity index (χ3v) is 11.3. The Hall–Kier alpha value is -5.62. The zero-order chi connectivity index (χ0) is 56.4. The Kier molecular flexibility index (Phi) is 31.8. The molecule has 2 aliphatic rings. The van der Waals surface area contributed by atoms with Gasteiger partial charge in [-0.1, -0.05) is 124 Å². The number of alkyl carbamates (subject to hydrolysis) is 2. The standard InChI is InChI=1S/C19H28N2O6.C18H28BNO5.C17H27BN2O5/c1-19(2,3)27-18(25)21-15(16(22)23)11-7-8-12-20-17(24)26-13-14-9-5-4-6-10-14;1-3-4-6-11-16(20-19(2)22)17(21)25-15-12-23-18(24-13-15)14-9-7-5-8-10-14;1-18(22)20-15(9-5-6-10-19)16(21)25-14-11-23-17(24-12-14)13-7-3-2-4-8-13/h4-6,9-10,15H,7-8,11-13H2,1-3H3,(H,20,24)(H,21,25)(H,22,23);5,7-10,15-16,18,20,22H,3-4,6,11-13H2,1-2H3;2-4,7-8,14-15,17,20,22H,5-6,9-12,19H2,1H3/t15-;15?,16-,18?;14?,15-,17?/m000/s1. The first-order valence-corrected chi connectivity index (χ1v) is 26.6. The molecule has 3 atom stereocenters. The van der Waals surface area contributed by atoms with Crippen LogP contribution in [0.4, 0.5) is 9.59 Å². The molecule has 3 aromatic carbocycles. The van der Waals surface area contributed by atoms with Crippen molar-refractivity contribution in [2.75, 3.05) is 39.5 Å². The molecule has 21 nitrogen and oxygen atoms in total. The molecule has 0 saturated carbocycles. The van der Waals surface area contributed by atoms with Crippen LogP contribution in [0.2, 0.25) is 13.6 Å². The van der Waals surface area contributed by atoms with Gasteiger partial charge in [0.05, 0.1) is 38.5 Å². The van der Waals surface area contributed by atoms with Crippen LogP contribution in [-0.2, 0) is 58.9 Å². The number of rotatable bonds is 27. The third-order valence-electron chi connectivity index (χ3n) is 11.3. The van der Waals surface area contributed by atoms with Crippen LogP contribution in [0.15, 0.2) is 91.0 Å². The number of aliphatic carboxylic acids is 1. The first-order valence-electron chi connectivity index (χ1n) is 26.6. The monoisotopic (exact) mass is 1080 g/mol. The summed E-state index contributed by atoms with van der Waals surface area (Å²) in [5.41, 5.74) is 7.56. The SMILES string of the molecule is CB(O)N[C@@H](CCCCN)C(=O)OC1COC(c2ccccc2)OC1.CC(C)(C)OC(=O)N[C@@H](CCCCNC(=O)OCc1ccccc1)C(=O)O.CCCCC[C@H](NB(C)O)C(=O)OC1COC(c2ccccc2)OC1. The number of ether oxygens (including phenoxy) is 8. The maximum absolute atomic E-state index is 12.4. The number of hydrogen-bond donors (Lipinski definition) is 8. The summed E-state index contributed by atoms with van der Waals surface area (Å²) in [6.07, 6.45) is 4.06. The van der Waals surface area contributed by atoms with Gasteiger partial charge >= 0.3 is 44.2 Å². The number of hydrogen-bond acceptors (Lipinski definition) is 18. The molecule has 0 aromatic heterocycles. The van der Waals surface area contributed by atoms with E-state index in [4.69, 9.17) is 43.6 Å². The molecule has 3 aromatic rings. The minimum absolute atomic E-state index is 0.188. The molecular formula is C54H83B2N5O16. The normalized spacial score (nSPS) is 18.2. The highest BCUT2D eigenvalue weighted by Crippen LogP contribution is 2.25. The Bertz CT molecular complexity index is 2000. The van der Waals surface area contributed by atoms with E-state index in [9.17, 15) is 39.1 Å². The van der Waals surface area contributed by atoms with Gasteiger partial charge < -0.3 is 79.9 Å². The van der Waals surface area contributed by atoms with Crippen molar-refractivity contribution < 1.29 is 77.0 Å². The van der Waals surface area contributed by atoms with Gasteiger partial charge in [-0.2, -0.15) is 0 Å². The van der Waals surface area contributed by atoms with Gasteiger partial charge in [-0.3, -0.25) is 9.59 Å². The fourth-order valence-corrected chi connectivity index (χ4v) is 7.56. The van der Waals surface area contributed by atoms with Crippen LogP contribution in [0.3, 0.4) is 0 Å². The van der Waals surface area contributed by atoms with Crippen LogP contribution in [0.1, 0.15) is 121 Å². The number of carboxylic acids is 1. The summed E-state index contributed by atoms with van der Waals surface area (Å²) in [6, 6.07) is 26.5. The summed E-state index contributed by atoms with van der Waals surface area (Å²) >= 11 is 0. The molecule has 0 bridgehead atoms. The van der Waals surface area contributed by atoms with Crippen molar-refractivity contribution in [1.29, 1.82) is 0 Å². The van der Waals surface area contributed by atoms with Crippen LogP contribution in [-0.4, -0.2) is 135 Å². The van der Waals surface area contributed by atoms with Gasteiger partial charge in [0.1, 0.15) is 30.5 Å². The lowest BCUT2D eigenvalue weighted by atomic mass is 9.86. The smallest absolute Gasteiger partial charge is 0.408 e. The molecule has 5 rings (SSSR count). The predicted molar refractivity (Wildman–Crippen MR) is 290 cm³/mol. The van der Waals surface area contributed by atoms with Gasteiger partial charge in [-0.15, -0.1) is 0 Å². The summed E-state index contributed by atoms with van der Waals surface area (Å²) < 4.78 is 43.7. The minimum atomic E-state index is -1.13. The summed E-state index contributed by atoms with van der Waals surface area (Å²) in [6.45, 7) is 12.6. The highest BCUT2D eigenvalue weighted by atomic mass is 16.7. The number of nitrogens with two attached hydrogens (primary N) is 1. The van der Waals surface area contributed by atoms with Gasteiger partial charge in [-0.25, -0.2) is 14.4 Å². The number of carbonyl (C=O) groups is 5. The number of unbranched alkanes of at least 4 members (excludes halogenated alkanes) is 4. The Morgan fingerprint density at radius 3 is 1.48 bits per heavy atom. The van der Waals surface area contributed by atoms with E-state index in [2.05, 4.69) is 28.0 Å². The second-order valence-electron chi connectivity index (χ2n) is 19.5. The summed E-state index contributed by atoms with van der Waals surface area (Å²) in [5, 5.41) is 38.8. The Balaban J connectivity index is 0.000000304. The molecule has 0 radical (unpaired) electrons. The van der Waals surface area contributed by atoms with E-state index < -0.39 is 86.7 Å². The van der Waals surface area contributed by atoms with Gasteiger partial charge in [0.25, 0.3) is 0 Å². The van der Waals surface area contributed by atoms with Crippen LogP contribution in [0.5, 0.6) is 0 Å². The van der Waals surface area contributed by atoms with Crippen molar-refractivity contribution in [1.82, 2.24) is 21.1 Å². The number of esters is 2. The van der Waals surface area contributed by atoms with E-state index >= 15 is 0 Å². The van der Waals surface area contributed by atoms with Gasteiger partial charge in [-0.05, 0) is 85.1 Å². The third kappa shape index (κ3) is 29.1. The van der Waals surface area contributed by atoms with Gasteiger partial charge in [0.15, 0.2) is 12.6 Å². The molecule has 2 fully saturated rings. The van der Waals surface area contributed by atoms with Crippen molar-refractivity contribution in [3.05, 3.63) is 108 Å². The molecule has 2 aliphatic heterocycles. The molecule has 426 valence electrons. The molecule has 0 aliphatic carbocycles. The molecule has 2 saturated heterocycles. The predicted octanol–water partition coefficient (Wildman–Crippen LogP) is 6.19. The van der Waals surface area contributed by atoms with Gasteiger partial charge in [0.2, 0.25) is 0 Å². The number of nitrogens with one attached hydrogen (secondary N) is 4. The molecular weight excluding hydrogens is 996 g/mol. The lowest BCUT2D eigenvalue weighted by Gasteiger charge is -2.30.